The Kier molecular flexibility index (Phi) is 5.61. The maximum Gasteiger partial charge on any atom is 0.131 e. The molecule has 0 spiro atoms. The maximum absolute atomic E-state index is 5.89. The molecule has 2 N–H and O–H groups in total. The van der Waals surface area contributed by atoms with Gasteiger partial charge in [0.2, 0.25) is 0 Å². The highest BCUT2D eigenvalue weighted by atomic mass is 16.5. The summed E-state index contributed by atoms with van der Waals surface area (Å²) in [6.07, 6.45) is 6.52. The van der Waals surface area contributed by atoms with Crippen molar-refractivity contribution in [3.63, 3.8) is 0 Å². The summed E-state index contributed by atoms with van der Waals surface area (Å²) in [5.41, 5.74) is 6.93. The minimum Gasteiger partial charge on any atom is -0.376 e. The Bertz CT molecular complexity index is 383. The molecule has 0 aliphatic carbocycles. The fourth-order valence-electron chi connectivity index (χ4n) is 2.62. The van der Waals surface area contributed by atoms with E-state index >= 15 is 0 Å². The third-order valence-corrected chi connectivity index (χ3v) is 3.52. The summed E-state index contributed by atoms with van der Waals surface area (Å²) in [6, 6.07) is 4.12. The Morgan fingerprint density at radius 2 is 2.42 bits per heavy atom. The first-order valence-electron chi connectivity index (χ1n) is 7.35. The van der Waals surface area contributed by atoms with Crippen LogP contribution >= 0.6 is 0 Å². The highest BCUT2D eigenvalue weighted by molar-refractivity contribution is 5.47. The van der Waals surface area contributed by atoms with Gasteiger partial charge in [0.1, 0.15) is 5.82 Å². The first-order chi connectivity index (χ1) is 9.35. The largest absolute Gasteiger partial charge is 0.376 e. The highest BCUT2D eigenvalue weighted by Gasteiger charge is 2.22. The quantitative estimate of drug-likeness (QED) is 0.852. The smallest absolute Gasteiger partial charge is 0.131 e. The van der Waals surface area contributed by atoms with Gasteiger partial charge in [0.25, 0.3) is 0 Å². The Morgan fingerprint density at radius 1 is 1.53 bits per heavy atom. The zero-order valence-electron chi connectivity index (χ0n) is 11.8. The first kappa shape index (κ1) is 14.3. The van der Waals surface area contributed by atoms with Gasteiger partial charge in [-0.1, -0.05) is 13.0 Å². The summed E-state index contributed by atoms with van der Waals surface area (Å²) in [7, 11) is 0. The number of pyridine rings is 1. The Morgan fingerprint density at radius 3 is 3.21 bits per heavy atom. The predicted octanol–water partition coefficient (Wildman–Crippen LogP) is 1.98. The van der Waals surface area contributed by atoms with Crippen LogP contribution in [0.15, 0.2) is 18.3 Å². The van der Waals surface area contributed by atoms with Gasteiger partial charge >= 0.3 is 0 Å². The number of nitrogens with two attached hydrogens (primary N) is 1. The molecule has 106 valence electrons. The lowest BCUT2D eigenvalue weighted by Gasteiger charge is -2.34. The first-order valence-corrected chi connectivity index (χ1v) is 7.35. The van der Waals surface area contributed by atoms with Gasteiger partial charge < -0.3 is 15.4 Å². The fraction of sp³-hybridized carbons (Fsp3) is 0.667. The van der Waals surface area contributed by atoms with E-state index in [2.05, 4.69) is 22.9 Å². The van der Waals surface area contributed by atoms with Crippen molar-refractivity contribution in [3.05, 3.63) is 23.9 Å². The Hall–Kier alpha value is -1.13. The van der Waals surface area contributed by atoms with Crippen LogP contribution in [-0.4, -0.2) is 37.3 Å². The highest BCUT2D eigenvalue weighted by Crippen LogP contribution is 2.23. The predicted molar refractivity (Wildman–Crippen MR) is 78.5 cm³/mol. The van der Waals surface area contributed by atoms with Crippen molar-refractivity contribution in [2.45, 2.75) is 38.7 Å². The van der Waals surface area contributed by atoms with Crippen molar-refractivity contribution >= 4 is 5.82 Å². The second-order valence-corrected chi connectivity index (χ2v) is 5.11. The van der Waals surface area contributed by atoms with E-state index in [1.807, 2.05) is 12.3 Å². The third kappa shape index (κ3) is 3.91. The molecule has 4 heteroatoms. The van der Waals surface area contributed by atoms with E-state index in [-0.39, 0.29) is 0 Å². The molecule has 1 unspecified atom stereocenters. The van der Waals surface area contributed by atoms with Crippen LogP contribution in [-0.2, 0) is 11.2 Å². The average Bonchev–Trinajstić information content (AvgIpc) is 2.46. The van der Waals surface area contributed by atoms with E-state index in [0.29, 0.717) is 12.6 Å². The van der Waals surface area contributed by atoms with Crippen LogP contribution in [0.5, 0.6) is 0 Å². The molecule has 1 saturated heterocycles. The summed E-state index contributed by atoms with van der Waals surface area (Å²) < 4.78 is 5.89. The number of hydrogen-bond acceptors (Lipinski definition) is 4. The summed E-state index contributed by atoms with van der Waals surface area (Å²) in [6.45, 7) is 5.70. The van der Waals surface area contributed by atoms with Gasteiger partial charge in [-0.05, 0) is 43.9 Å². The zero-order valence-corrected chi connectivity index (χ0v) is 11.8. The molecule has 0 radical (unpaired) electrons. The monoisotopic (exact) mass is 263 g/mol. The van der Waals surface area contributed by atoms with E-state index in [1.54, 1.807) is 0 Å². The summed E-state index contributed by atoms with van der Waals surface area (Å²) >= 11 is 0. The molecule has 0 bridgehead atoms. The number of anilines is 1. The zero-order chi connectivity index (χ0) is 13.5. The Labute approximate surface area is 116 Å². The van der Waals surface area contributed by atoms with Crippen LogP contribution in [0.2, 0.25) is 0 Å². The van der Waals surface area contributed by atoms with Crippen molar-refractivity contribution in [2.24, 2.45) is 5.73 Å². The standard InChI is InChI=1S/C15H25N3O/c1-2-11-19-14-6-4-10-18(12-14)15-13(7-8-16)5-3-9-17-15/h3,5,9,14H,2,4,6-8,10-12,16H2,1H3. The van der Waals surface area contributed by atoms with Crippen molar-refractivity contribution < 1.29 is 4.74 Å². The molecule has 0 amide bonds. The van der Waals surface area contributed by atoms with Crippen LogP contribution in [0.3, 0.4) is 0 Å². The van der Waals surface area contributed by atoms with Crippen LogP contribution in [0, 0.1) is 0 Å². The second kappa shape index (κ2) is 7.46. The molecule has 4 nitrogen and oxygen atoms in total. The third-order valence-electron chi connectivity index (χ3n) is 3.52. The lowest BCUT2D eigenvalue weighted by atomic mass is 10.1. The summed E-state index contributed by atoms with van der Waals surface area (Å²) in [4.78, 5) is 6.91. The molecular formula is C15H25N3O. The van der Waals surface area contributed by atoms with Crippen molar-refractivity contribution in [1.82, 2.24) is 4.98 Å². The fourth-order valence-corrected chi connectivity index (χ4v) is 2.62. The van der Waals surface area contributed by atoms with Crippen LogP contribution in [0.4, 0.5) is 5.82 Å². The molecule has 19 heavy (non-hydrogen) atoms. The number of aromatic nitrogens is 1. The normalized spacial score (nSPS) is 19.7. The van der Waals surface area contributed by atoms with Crippen molar-refractivity contribution in [3.8, 4) is 0 Å². The number of ether oxygens (including phenoxy) is 1. The number of piperidine rings is 1. The molecule has 1 aliphatic heterocycles. The van der Waals surface area contributed by atoms with Gasteiger partial charge in [-0.3, -0.25) is 0 Å². The molecule has 2 heterocycles. The molecule has 1 aliphatic rings. The van der Waals surface area contributed by atoms with E-state index in [4.69, 9.17) is 10.5 Å². The van der Waals surface area contributed by atoms with Gasteiger partial charge in [-0.15, -0.1) is 0 Å². The lowest BCUT2D eigenvalue weighted by molar-refractivity contribution is 0.0439. The molecule has 1 fully saturated rings. The second-order valence-electron chi connectivity index (χ2n) is 5.11. The minimum atomic E-state index is 0.349. The molecule has 0 aromatic carbocycles. The van der Waals surface area contributed by atoms with Gasteiger partial charge in [0.15, 0.2) is 0 Å². The van der Waals surface area contributed by atoms with E-state index in [9.17, 15) is 0 Å². The number of hydrogen-bond donors (Lipinski definition) is 1. The SMILES string of the molecule is CCCOC1CCCN(c2ncccc2CCN)C1. The molecule has 2 rings (SSSR count). The summed E-state index contributed by atoms with van der Waals surface area (Å²) in [5.74, 6) is 1.10. The molecule has 1 aromatic heterocycles. The topological polar surface area (TPSA) is 51.4 Å². The van der Waals surface area contributed by atoms with Crippen molar-refractivity contribution in [1.29, 1.82) is 0 Å². The maximum atomic E-state index is 5.89. The van der Waals surface area contributed by atoms with Gasteiger partial charge in [0, 0.05) is 25.9 Å². The van der Waals surface area contributed by atoms with E-state index in [1.165, 1.54) is 12.0 Å². The molecule has 1 atom stereocenters. The van der Waals surface area contributed by atoms with Crippen molar-refractivity contribution in [2.75, 3.05) is 31.1 Å². The number of nitrogens with zero attached hydrogens (tertiary/aromatic N) is 2. The van der Waals surface area contributed by atoms with Gasteiger partial charge in [0.05, 0.1) is 6.10 Å². The van der Waals surface area contributed by atoms with E-state index in [0.717, 1.165) is 44.8 Å². The van der Waals surface area contributed by atoms with Crippen LogP contribution < -0.4 is 10.6 Å². The van der Waals surface area contributed by atoms with Gasteiger partial charge in [-0.2, -0.15) is 0 Å². The molecular weight excluding hydrogens is 238 g/mol. The number of rotatable bonds is 6. The molecule has 1 aromatic rings. The Balaban J connectivity index is 2.04. The average molecular weight is 263 g/mol. The van der Waals surface area contributed by atoms with E-state index < -0.39 is 0 Å². The van der Waals surface area contributed by atoms with Gasteiger partial charge in [-0.25, -0.2) is 4.98 Å². The molecule has 0 saturated carbocycles. The van der Waals surface area contributed by atoms with Crippen LogP contribution in [0.25, 0.3) is 0 Å². The lowest BCUT2D eigenvalue weighted by Crippen LogP contribution is -2.40. The summed E-state index contributed by atoms with van der Waals surface area (Å²) in [5, 5.41) is 0. The minimum absolute atomic E-state index is 0.349. The van der Waals surface area contributed by atoms with Crippen LogP contribution in [0.1, 0.15) is 31.7 Å².